The van der Waals surface area contributed by atoms with Crippen LogP contribution in [0, 0.1) is 5.92 Å². The smallest absolute Gasteiger partial charge is 0.330 e. The van der Waals surface area contributed by atoms with Gasteiger partial charge < -0.3 is 33.8 Å². The summed E-state index contributed by atoms with van der Waals surface area (Å²) in [6.45, 7) is 9.00. The van der Waals surface area contributed by atoms with E-state index in [-0.39, 0.29) is 19.3 Å². The fourth-order valence-corrected chi connectivity index (χ4v) is 2.83. The molecule has 24 heavy (non-hydrogen) atoms. The second kappa shape index (κ2) is 9.59. The van der Waals surface area contributed by atoms with E-state index in [1.165, 1.54) is 0 Å². The van der Waals surface area contributed by atoms with Gasteiger partial charge in [-0.3, -0.25) is 4.57 Å². The van der Waals surface area contributed by atoms with Crippen molar-refractivity contribution in [3.63, 3.8) is 0 Å². The Bertz CT molecular complexity index is 416. The Balaban J connectivity index is 2.58. The van der Waals surface area contributed by atoms with Crippen LogP contribution in [0.4, 0.5) is 0 Å². The molecule has 0 aliphatic carbocycles. The Morgan fingerprint density at radius 3 is 2.29 bits per heavy atom. The van der Waals surface area contributed by atoms with Crippen molar-refractivity contribution < 1.29 is 38.4 Å². The fourth-order valence-electron chi connectivity index (χ4n) is 2.17. The van der Waals surface area contributed by atoms with Gasteiger partial charge in [-0.05, 0) is 13.8 Å². The molecule has 1 heterocycles. The maximum absolute atomic E-state index is 11.9. The van der Waals surface area contributed by atoms with Gasteiger partial charge in [0, 0.05) is 5.92 Å². The normalized spacial score (nSPS) is 33.8. The average Bonchev–Trinajstić information content (AvgIpc) is 2.49. The first-order valence-corrected chi connectivity index (χ1v) is 9.92. The number of hydrogen-bond acceptors (Lipinski definition) is 7. The van der Waals surface area contributed by atoms with Crippen LogP contribution in [0.2, 0.25) is 0 Å². The Labute approximate surface area is 143 Å². The average molecular weight is 370 g/mol. The predicted octanol–water partition coefficient (Wildman–Crippen LogP) is 1.12. The molecule has 0 aromatic carbocycles. The van der Waals surface area contributed by atoms with Crippen LogP contribution >= 0.6 is 7.60 Å². The maximum Gasteiger partial charge on any atom is 0.330 e. The van der Waals surface area contributed by atoms with Gasteiger partial charge >= 0.3 is 7.60 Å². The Kier molecular flexibility index (Phi) is 8.79. The zero-order chi connectivity index (χ0) is 18.5. The lowest BCUT2D eigenvalue weighted by atomic mass is 9.92. The molecule has 0 spiro atoms. The van der Waals surface area contributed by atoms with Gasteiger partial charge in [-0.1, -0.05) is 20.8 Å². The summed E-state index contributed by atoms with van der Waals surface area (Å²) in [7, 11) is -3.78. The van der Waals surface area contributed by atoms with E-state index in [4.69, 9.17) is 18.7 Å². The lowest BCUT2D eigenvalue weighted by molar-refractivity contribution is -0.283. The number of hydrogen-bond donors (Lipinski definition) is 3. The van der Waals surface area contributed by atoms with Crippen molar-refractivity contribution in [1.82, 2.24) is 0 Å². The summed E-state index contributed by atoms with van der Waals surface area (Å²) in [4.78, 5) is 9.70. The first-order valence-electron chi connectivity index (χ1n) is 8.28. The minimum Gasteiger partial charge on any atom is -0.390 e. The summed E-state index contributed by atoms with van der Waals surface area (Å²) in [6.07, 6.45) is -3.93. The largest absolute Gasteiger partial charge is 0.390 e. The van der Waals surface area contributed by atoms with Crippen LogP contribution < -0.4 is 0 Å². The highest BCUT2D eigenvalue weighted by molar-refractivity contribution is 7.53. The SMILES string of the molecule is CC(C)OCCOC1OC(COP(=O)(O)C(C)C)C(O)C(O)C1C. The topological polar surface area (TPSA) is 115 Å². The molecule has 144 valence electrons. The highest BCUT2D eigenvalue weighted by atomic mass is 31.2. The quantitative estimate of drug-likeness (QED) is 0.409. The van der Waals surface area contributed by atoms with E-state index in [1.807, 2.05) is 13.8 Å². The first-order chi connectivity index (χ1) is 11.1. The van der Waals surface area contributed by atoms with Crippen LogP contribution in [0.15, 0.2) is 0 Å². The predicted molar refractivity (Wildman–Crippen MR) is 87.8 cm³/mol. The van der Waals surface area contributed by atoms with Crippen LogP contribution in [0.5, 0.6) is 0 Å². The third-order valence-corrected chi connectivity index (χ3v) is 5.72. The number of rotatable bonds is 9. The van der Waals surface area contributed by atoms with Crippen molar-refractivity contribution in [1.29, 1.82) is 0 Å². The van der Waals surface area contributed by atoms with Gasteiger partial charge in [0.05, 0.1) is 37.7 Å². The lowest BCUT2D eigenvalue weighted by Gasteiger charge is -2.41. The van der Waals surface area contributed by atoms with Crippen molar-refractivity contribution in [2.45, 2.75) is 71.0 Å². The molecule has 1 aliphatic rings. The van der Waals surface area contributed by atoms with E-state index in [0.29, 0.717) is 6.61 Å². The van der Waals surface area contributed by atoms with Crippen molar-refractivity contribution >= 4 is 7.60 Å². The molecular weight excluding hydrogens is 339 g/mol. The molecule has 0 amide bonds. The van der Waals surface area contributed by atoms with E-state index in [9.17, 15) is 19.7 Å². The molecule has 8 nitrogen and oxygen atoms in total. The second-order valence-electron chi connectivity index (χ2n) is 6.63. The molecule has 0 aromatic rings. The monoisotopic (exact) mass is 370 g/mol. The highest BCUT2D eigenvalue weighted by Crippen LogP contribution is 2.47. The molecule has 0 bridgehead atoms. The molecule has 6 atom stereocenters. The maximum atomic E-state index is 11.9. The van der Waals surface area contributed by atoms with Gasteiger partial charge in [0.1, 0.15) is 12.2 Å². The molecule has 3 N–H and O–H groups in total. The van der Waals surface area contributed by atoms with E-state index in [1.54, 1.807) is 20.8 Å². The fraction of sp³-hybridized carbons (Fsp3) is 1.00. The summed E-state index contributed by atoms with van der Waals surface area (Å²) in [6, 6.07) is 0. The van der Waals surface area contributed by atoms with Crippen molar-refractivity contribution in [3.05, 3.63) is 0 Å². The van der Waals surface area contributed by atoms with Crippen LogP contribution in [-0.4, -0.2) is 71.3 Å². The number of aliphatic hydroxyl groups excluding tert-OH is 2. The van der Waals surface area contributed by atoms with Gasteiger partial charge in [0.25, 0.3) is 0 Å². The minimum atomic E-state index is -3.78. The van der Waals surface area contributed by atoms with Gasteiger partial charge in [0.2, 0.25) is 0 Å². The minimum absolute atomic E-state index is 0.0848. The zero-order valence-corrected chi connectivity index (χ0v) is 15.9. The standard InChI is InChI=1S/C15H31O8P/c1-9(2)20-6-7-21-15-11(5)13(16)14(17)12(23-15)8-22-24(18,19)10(3)4/h9-17H,6-8H2,1-5H3,(H,18,19). The van der Waals surface area contributed by atoms with Gasteiger partial charge in [-0.2, -0.15) is 0 Å². The first kappa shape index (κ1) is 22.0. The summed E-state index contributed by atoms with van der Waals surface area (Å²) in [5.41, 5.74) is -0.567. The Morgan fingerprint density at radius 1 is 1.12 bits per heavy atom. The number of aliphatic hydroxyl groups is 2. The molecule has 0 saturated carbocycles. The van der Waals surface area contributed by atoms with E-state index < -0.39 is 43.8 Å². The van der Waals surface area contributed by atoms with E-state index in [0.717, 1.165) is 0 Å². The van der Waals surface area contributed by atoms with Crippen LogP contribution in [0.1, 0.15) is 34.6 Å². The van der Waals surface area contributed by atoms with E-state index >= 15 is 0 Å². The molecule has 0 radical (unpaired) electrons. The van der Waals surface area contributed by atoms with Gasteiger partial charge in [0.15, 0.2) is 6.29 Å². The molecule has 0 aromatic heterocycles. The molecule has 1 fully saturated rings. The summed E-state index contributed by atoms with van der Waals surface area (Å²) in [5.74, 6) is -0.457. The lowest BCUT2D eigenvalue weighted by Crippen LogP contribution is -2.55. The molecule has 1 rings (SSSR count). The second-order valence-corrected chi connectivity index (χ2v) is 9.05. The van der Waals surface area contributed by atoms with Crippen molar-refractivity contribution in [2.24, 2.45) is 5.92 Å². The van der Waals surface area contributed by atoms with Crippen LogP contribution in [0.25, 0.3) is 0 Å². The summed E-state index contributed by atoms with van der Waals surface area (Å²) >= 11 is 0. The van der Waals surface area contributed by atoms with Crippen molar-refractivity contribution in [2.75, 3.05) is 19.8 Å². The molecule has 1 saturated heterocycles. The Morgan fingerprint density at radius 2 is 1.75 bits per heavy atom. The van der Waals surface area contributed by atoms with Crippen LogP contribution in [-0.2, 0) is 23.3 Å². The Hall–Kier alpha value is -0.0500. The van der Waals surface area contributed by atoms with Crippen molar-refractivity contribution in [3.8, 4) is 0 Å². The molecule has 9 heteroatoms. The third kappa shape index (κ3) is 6.35. The number of ether oxygens (including phenoxy) is 3. The summed E-state index contributed by atoms with van der Waals surface area (Å²) < 4.78 is 33.4. The summed E-state index contributed by atoms with van der Waals surface area (Å²) in [5, 5.41) is 20.2. The zero-order valence-electron chi connectivity index (χ0n) is 15.0. The van der Waals surface area contributed by atoms with Gasteiger partial charge in [-0.25, -0.2) is 0 Å². The van der Waals surface area contributed by atoms with E-state index in [2.05, 4.69) is 0 Å². The highest BCUT2D eigenvalue weighted by Gasteiger charge is 2.43. The molecular formula is C15H31O8P. The molecule has 1 aliphatic heterocycles. The van der Waals surface area contributed by atoms with Crippen LogP contribution in [0.3, 0.4) is 0 Å². The third-order valence-electron chi connectivity index (χ3n) is 3.90. The molecule has 6 unspecified atom stereocenters. The van der Waals surface area contributed by atoms with Gasteiger partial charge in [-0.15, -0.1) is 0 Å².